The molecular weight excluding hydrogens is 480 g/mol. The van der Waals surface area contributed by atoms with Gasteiger partial charge >= 0.3 is 12.5 Å². The Morgan fingerprint density at radius 1 is 1.09 bits per heavy atom. The summed E-state index contributed by atoms with van der Waals surface area (Å²) in [5.74, 6) is -2.38. The molecule has 1 aliphatic heterocycles. The average Bonchev–Trinajstić information content (AvgIpc) is 3.24. The molecule has 4 rings (SSSR count). The Kier molecular flexibility index (Phi) is 5.11. The second kappa shape index (κ2) is 7.37. The van der Waals surface area contributed by atoms with Crippen molar-refractivity contribution in [3.63, 3.8) is 0 Å². The standard InChI is InChI=1S/C19H13F6N3O4S/c1-2-33(30,31)17-15(26-14-7-11(18(20,21)22)5-6-27(14)17)28-9-10-3-4-12(32-19(23,24)25)8-13(10)16(28)29/h3-8H,2,9H2,1H3. The summed E-state index contributed by atoms with van der Waals surface area (Å²) < 4.78 is 107. The fourth-order valence-corrected chi connectivity index (χ4v) is 4.60. The molecule has 3 heterocycles. The molecule has 1 aliphatic rings. The Morgan fingerprint density at radius 2 is 1.79 bits per heavy atom. The minimum atomic E-state index is -4.99. The van der Waals surface area contributed by atoms with Gasteiger partial charge in [-0.2, -0.15) is 13.2 Å². The monoisotopic (exact) mass is 493 g/mol. The van der Waals surface area contributed by atoms with Gasteiger partial charge in [0, 0.05) is 11.8 Å². The van der Waals surface area contributed by atoms with Crippen LogP contribution in [0.1, 0.15) is 28.4 Å². The van der Waals surface area contributed by atoms with Gasteiger partial charge in [-0.15, -0.1) is 13.2 Å². The van der Waals surface area contributed by atoms with Gasteiger partial charge in [0.15, 0.2) is 20.7 Å². The number of anilines is 1. The van der Waals surface area contributed by atoms with Gasteiger partial charge in [-0.3, -0.25) is 14.1 Å². The van der Waals surface area contributed by atoms with Crippen LogP contribution in [0.2, 0.25) is 0 Å². The Balaban J connectivity index is 1.85. The van der Waals surface area contributed by atoms with E-state index in [1.807, 2.05) is 0 Å². The molecule has 0 saturated heterocycles. The Labute approximate surface area is 182 Å². The van der Waals surface area contributed by atoms with E-state index in [2.05, 4.69) is 9.72 Å². The molecule has 2 aromatic heterocycles. The first-order chi connectivity index (χ1) is 15.2. The number of ether oxygens (including phenoxy) is 1. The van der Waals surface area contributed by atoms with Crippen LogP contribution in [0.5, 0.6) is 5.75 Å². The van der Waals surface area contributed by atoms with Crippen LogP contribution in [0, 0.1) is 0 Å². The lowest BCUT2D eigenvalue weighted by Crippen LogP contribution is -2.26. The fourth-order valence-electron chi connectivity index (χ4n) is 3.44. The highest BCUT2D eigenvalue weighted by Crippen LogP contribution is 2.37. The lowest BCUT2D eigenvalue weighted by atomic mass is 10.1. The number of amides is 1. The third kappa shape index (κ3) is 4.10. The molecule has 0 atom stereocenters. The van der Waals surface area contributed by atoms with E-state index < -0.39 is 56.2 Å². The van der Waals surface area contributed by atoms with Gasteiger partial charge < -0.3 is 4.74 Å². The zero-order chi connectivity index (χ0) is 24.3. The largest absolute Gasteiger partial charge is 0.573 e. The molecule has 1 aromatic carbocycles. The lowest BCUT2D eigenvalue weighted by Gasteiger charge is -2.14. The van der Waals surface area contributed by atoms with E-state index in [0.717, 1.165) is 27.6 Å². The summed E-state index contributed by atoms with van der Waals surface area (Å²) in [6.07, 6.45) is -8.82. The van der Waals surface area contributed by atoms with Crippen molar-refractivity contribution >= 4 is 27.2 Å². The lowest BCUT2D eigenvalue weighted by molar-refractivity contribution is -0.274. The molecule has 0 fully saturated rings. The van der Waals surface area contributed by atoms with Crippen LogP contribution in [0.3, 0.4) is 0 Å². The van der Waals surface area contributed by atoms with Gasteiger partial charge in [-0.25, -0.2) is 13.4 Å². The number of aromatic nitrogens is 2. The average molecular weight is 493 g/mol. The van der Waals surface area contributed by atoms with Crippen molar-refractivity contribution in [2.75, 3.05) is 10.7 Å². The van der Waals surface area contributed by atoms with E-state index in [0.29, 0.717) is 12.1 Å². The highest BCUT2D eigenvalue weighted by molar-refractivity contribution is 7.91. The molecule has 176 valence electrons. The van der Waals surface area contributed by atoms with E-state index in [-0.39, 0.29) is 23.3 Å². The predicted molar refractivity (Wildman–Crippen MR) is 102 cm³/mol. The van der Waals surface area contributed by atoms with Crippen molar-refractivity contribution in [2.45, 2.75) is 31.0 Å². The number of sulfone groups is 1. The number of halogens is 6. The van der Waals surface area contributed by atoms with Gasteiger partial charge in [0.25, 0.3) is 5.91 Å². The van der Waals surface area contributed by atoms with E-state index >= 15 is 0 Å². The molecule has 1 amide bonds. The number of rotatable bonds is 4. The molecule has 14 heteroatoms. The quantitative estimate of drug-likeness (QED) is 0.509. The first kappa shape index (κ1) is 22.9. The number of nitrogens with zero attached hydrogens (tertiary/aromatic N) is 3. The van der Waals surface area contributed by atoms with Crippen LogP contribution in [0.15, 0.2) is 41.6 Å². The highest BCUT2D eigenvalue weighted by atomic mass is 32.2. The highest BCUT2D eigenvalue weighted by Gasteiger charge is 2.38. The van der Waals surface area contributed by atoms with Crippen molar-refractivity contribution in [3.05, 3.63) is 53.2 Å². The third-order valence-electron chi connectivity index (χ3n) is 4.94. The minimum Gasteiger partial charge on any atom is -0.406 e. The van der Waals surface area contributed by atoms with E-state index in [4.69, 9.17) is 0 Å². The number of alkyl halides is 6. The number of fused-ring (bicyclic) bond motifs is 2. The molecule has 0 aliphatic carbocycles. The molecule has 0 saturated carbocycles. The molecule has 33 heavy (non-hydrogen) atoms. The molecular formula is C19H13F6N3O4S. The number of carbonyl (C=O) groups excluding carboxylic acids is 1. The van der Waals surface area contributed by atoms with Gasteiger partial charge in [0.05, 0.1) is 17.9 Å². The first-order valence-corrected chi connectivity index (χ1v) is 10.9. The number of hydrogen-bond acceptors (Lipinski definition) is 5. The van der Waals surface area contributed by atoms with Crippen LogP contribution in [0.25, 0.3) is 5.65 Å². The summed E-state index contributed by atoms with van der Waals surface area (Å²) in [5, 5.41) is -0.498. The number of imidazole rings is 1. The van der Waals surface area contributed by atoms with Gasteiger partial charge in [-0.05, 0) is 29.8 Å². The van der Waals surface area contributed by atoms with Gasteiger partial charge in [0.2, 0.25) is 0 Å². The van der Waals surface area contributed by atoms with E-state index in [1.54, 1.807) is 0 Å². The number of carbonyl (C=O) groups is 1. The molecule has 0 N–H and O–H groups in total. The zero-order valence-electron chi connectivity index (χ0n) is 16.5. The second-order valence-corrected chi connectivity index (χ2v) is 9.24. The zero-order valence-corrected chi connectivity index (χ0v) is 17.3. The van der Waals surface area contributed by atoms with Crippen molar-refractivity contribution in [2.24, 2.45) is 0 Å². The van der Waals surface area contributed by atoms with Gasteiger partial charge in [-0.1, -0.05) is 13.0 Å². The van der Waals surface area contributed by atoms with E-state index in [9.17, 15) is 39.6 Å². The second-order valence-electron chi connectivity index (χ2n) is 7.04. The first-order valence-electron chi connectivity index (χ1n) is 9.24. The minimum absolute atomic E-state index is 0.176. The summed E-state index contributed by atoms with van der Waals surface area (Å²) in [7, 11) is -4.09. The maximum absolute atomic E-state index is 13.1. The molecule has 7 nitrogen and oxygen atoms in total. The van der Waals surface area contributed by atoms with Gasteiger partial charge in [0.1, 0.15) is 11.4 Å². The van der Waals surface area contributed by atoms with Crippen molar-refractivity contribution in [1.82, 2.24) is 9.38 Å². The molecule has 0 bridgehead atoms. The van der Waals surface area contributed by atoms with Crippen LogP contribution >= 0.6 is 0 Å². The van der Waals surface area contributed by atoms with Crippen molar-refractivity contribution in [1.29, 1.82) is 0 Å². The van der Waals surface area contributed by atoms with Crippen molar-refractivity contribution < 1.29 is 44.3 Å². The maximum Gasteiger partial charge on any atom is 0.573 e. The maximum atomic E-state index is 13.1. The summed E-state index contributed by atoms with van der Waals surface area (Å²) in [5.41, 5.74) is -1.35. The van der Waals surface area contributed by atoms with Crippen LogP contribution < -0.4 is 9.64 Å². The molecule has 0 unspecified atom stereocenters. The normalized spacial score (nSPS) is 14.8. The van der Waals surface area contributed by atoms with Crippen LogP contribution in [-0.4, -0.2) is 35.8 Å². The summed E-state index contributed by atoms with van der Waals surface area (Å²) in [6.45, 7) is 1.06. The third-order valence-corrected chi connectivity index (χ3v) is 6.67. The summed E-state index contributed by atoms with van der Waals surface area (Å²) in [6, 6.07) is 4.37. The summed E-state index contributed by atoms with van der Waals surface area (Å²) in [4.78, 5) is 17.8. The SMILES string of the molecule is CCS(=O)(=O)c1c(N2Cc3ccc(OC(F)(F)F)cc3C2=O)nc2cc(C(F)(F)F)ccn12. The molecule has 0 radical (unpaired) electrons. The fraction of sp³-hybridized carbons (Fsp3) is 0.263. The number of benzene rings is 1. The molecule has 0 spiro atoms. The summed E-state index contributed by atoms with van der Waals surface area (Å²) >= 11 is 0. The number of hydrogen-bond donors (Lipinski definition) is 0. The van der Waals surface area contributed by atoms with E-state index in [1.165, 1.54) is 13.0 Å². The Morgan fingerprint density at radius 3 is 2.39 bits per heavy atom. The Hall–Kier alpha value is -3.29. The van der Waals surface area contributed by atoms with Crippen LogP contribution in [-0.2, 0) is 22.6 Å². The van der Waals surface area contributed by atoms with Crippen molar-refractivity contribution in [3.8, 4) is 5.75 Å². The topological polar surface area (TPSA) is 81.0 Å². The Bertz CT molecular complexity index is 1380. The smallest absolute Gasteiger partial charge is 0.406 e. The van der Waals surface area contributed by atoms with Crippen LogP contribution in [0.4, 0.5) is 32.2 Å². The number of pyridine rings is 1. The molecule has 3 aromatic rings. The predicted octanol–water partition coefficient (Wildman–Crippen LogP) is 4.21.